The summed E-state index contributed by atoms with van der Waals surface area (Å²) in [6.07, 6.45) is 0. The minimum absolute atomic E-state index is 0.0558. The molecule has 0 unspecified atom stereocenters. The van der Waals surface area contributed by atoms with Crippen molar-refractivity contribution in [3.63, 3.8) is 0 Å². The van der Waals surface area contributed by atoms with E-state index in [4.69, 9.17) is 19.6 Å². The number of ether oxygens (including phenoxy) is 3. The van der Waals surface area contributed by atoms with Gasteiger partial charge in [-0.05, 0) is 19.1 Å². The van der Waals surface area contributed by atoms with E-state index in [1.54, 1.807) is 26.2 Å². The number of hydrogen-bond donors (Lipinski definition) is 2. The summed E-state index contributed by atoms with van der Waals surface area (Å²) >= 11 is 0. The average Bonchev–Trinajstić information content (AvgIpc) is 2.33. The molecule has 0 bridgehead atoms. The van der Waals surface area contributed by atoms with Crippen LogP contribution in [0.2, 0.25) is 0 Å². The third-order valence-corrected chi connectivity index (χ3v) is 2.30. The molecule has 0 spiro atoms. The van der Waals surface area contributed by atoms with Gasteiger partial charge >= 0.3 is 0 Å². The summed E-state index contributed by atoms with van der Waals surface area (Å²) in [6.45, 7) is 3.60. The van der Waals surface area contributed by atoms with Crippen LogP contribution in [0.1, 0.15) is 12.5 Å². The van der Waals surface area contributed by atoms with E-state index in [1.807, 2.05) is 0 Å². The molecule has 0 fully saturated rings. The van der Waals surface area contributed by atoms with Crippen LogP contribution in [-0.4, -0.2) is 44.4 Å². The van der Waals surface area contributed by atoms with Crippen molar-refractivity contribution in [2.75, 3.05) is 33.5 Å². The topological polar surface area (TPSA) is 71.8 Å². The molecule has 0 aliphatic rings. The first-order valence-electron chi connectivity index (χ1n) is 5.73. The molecule has 1 aromatic rings. The molecular formula is C13H19NO4. The molecule has 0 aliphatic heterocycles. The van der Waals surface area contributed by atoms with E-state index in [9.17, 15) is 5.11 Å². The zero-order chi connectivity index (χ0) is 13.4. The van der Waals surface area contributed by atoms with Gasteiger partial charge in [0.1, 0.15) is 18.1 Å². The van der Waals surface area contributed by atoms with Gasteiger partial charge in [0.15, 0.2) is 0 Å². The summed E-state index contributed by atoms with van der Waals surface area (Å²) in [5, 5.41) is 17.1. The Morgan fingerprint density at radius 2 is 1.94 bits per heavy atom. The Morgan fingerprint density at radius 1 is 1.22 bits per heavy atom. The standard InChI is InChI=1S/C13H19NO4/c1-10(14)12-4-3-11(9-13(12)15)18-8-7-17-6-5-16-2/h3-4,9,14-15H,5-8H2,1-2H3. The molecule has 0 aromatic heterocycles. The monoisotopic (exact) mass is 253 g/mol. The van der Waals surface area contributed by atoms with Crippen LogP contribution in [0.4, 0.5) is 0 Å². The van der Waals surface area contributed by atoms with Crippen molar-refractivity contribution in [1.82, 2.24) is 0 Å². The van der Waals surface area contributed by atoms with E-state index in [0.29, 0.717) is 43.5 Å². The van der Waals surface area contributed by atoms with Gasteiger partial charge < -0.3 is 24.7 Å². The summed E-state index contributed by atoms with van der Waals surface area (Å²) in [4.78, 5) is 0. The predicted molar refractivity (Wildman–Crippen MR) is 68.8 cm³/mol. The minimum Gasteiger partial charge on any atom is -0.507 e. The van der Waals surface area contributed by atoms with E-state index in [-0.39, 0.29) is 5.75 Å². The number of phenolic OH excluding ortho intramolecular Hbond substituents is 1. The third kappa shape index (κ3) is 4.73. The summed E-state index contributed by atoms with van der Waals surface area (Å²) in [7, 11) is 1.62. The number of aromatic hydroxyl groups is 1. The summed E-state index contributed by atoms with van der Waals surface area (Å²) in [5.41, 5.74) is 0.834. The zero-order valence-electron chi connectivity index (χ0n) is 10.7. The van der Waals surface area contributed by atoms with Crippen molar-refractivity contribution in [2.24, 2.45) is 0 Å². The lowest BCUT2D eigenvalue weighted by molar-refractivity contribution is 0.0544. The van der Waals surface area contributed by atoms with Crippen molar-refractivity contribution in [2.45, 2.75) is 6.92 Å². The van der Waals surface area contributed by atoms with Crippen molar-refractivity contribution < 1.29 is 19.3 Å². The molecule has 2 N–H and O–H groups in total. The predicted octanol–water partition coefficient (Wildman–Crippen LogP) is 1.82. The molecule has 0 saturated carbocycles. The van der Waals surface area contributed by atoms with E-state index < -0.39 is 0 Å². The van der Waals surface area contributed by atoms with E-state index in [1.165, 1.54) is 6.07 Å². The summed E-state index contributed by atoms with van der Waals surface area (Å²) in [5.74, 6) is 0.619. The van der Waals surface area contributed by atoms with Crippen LogP contribution in [0.3, 0.4) is 0 Å². The molecule has 18 heavy (non-hydrogen) atoms. The highest BCUT2D eigenvalue weighted by atomic mass is 16.5. The van der Waals surface area contributed by atoms with E-state index in [2.05, 4.69) is 0 Å². The SMILES string of the molecule is COCCOCCOc1ccc(C(C)=N)c(O)c1. The number of hydrogen-bond acceptors (Lipinski definition) is 5. The van der Waals surface area contributed by atoms with Crippen molar-refractivity contribution in [3.05, 3.63) is 23.8 Å². The second kappa shape index (κ2) is 7.68. The Labute approximate surface area is 107 Å². The summed E-state index contributed by atoms with van der Waals surface area (Å²) < 4.78 is 15.5. The van der Waals surface area contributed by atoms with Crippen LogP contribution in [0.25, 0.3) is 0 Å². The molecule has 0 atom stereocenters. The van der Waals surface area contributed by atoms with Crippen molar-refractivity contribution >= 4 is 5.71 Å². The van der Waals surface area contributed by atoms with Gasteiger partial charge in [0.05, 0.1) is 19.8 Å². The molecule has 5 heteroatoms. The fraction of sp³-hybridized carbons (Fsp3) is 0.462. The first-order valence-corrected chi connectivity index (χ1v) is 5.73. The highest BCUT2D eigenvalue weighted by Crippen LogP contribution is 2.23. The van der Waals surface area contributed by atoms with Gasteiger partial charge in [0, 0.05) is 24.5 Å². The lowest BCUT2D eigenvalue weighted by Crippen LogP contribution is -2.10. The van der Waals surface area contributed by atoms with Gasteiger partial charge in [-0.15, -0.1) is 0 Å². The molecular weight excluding hydrogens is 234 g/mol. The Hall–Kier alpha value is -1.59. The van der Waals surface area contributed by atoms with Gasteiger partial charge in [-0.2, -0.15) is 0 Å². The Bertz CT molecular complexity index is 393. The maximum atomic E-state index is 9.67. The first kappa shape index (κ1) is 14.5. The van der Waals surface area contributed by atoms with Crippen LogP contribution in [-0.2, 0) is 9.47 Å². The van der Waals surface area contributed by atoms with Crippen molar-refractivity contribution in [1.29, 1.82) is 5.41 Å². The zero-order valence-corrected chi connectivity index (χ0v) is 10.7. The Kier molecular flexibility index (Phi) is 6.18. The molecule has 100 valence electrons. The molecule has 0 saturated heterocycles. The minimum atomic E-state index is 0.0558. The number of phenols is 1. The molecule has 1 aromatic carbocycles. The lowest BCUT2D eigenvalue weighted by Gasteiger charge is -2.09. The summed E-state index contributed by atoms with van der Waals surface area (Å²) in [6, 6.07) is 4.89. The van der Waals surface area contributed by atoms with Crippen LogP contribution in [0.5, 0.6) is 11.5 Å². The average molecular weight is 253 g/mol. The maximum Gasteiger partial charge on any atom is 0.128 e. The Balaban J connectivity index is 2.35. The second-order valence-electron chi connectivity index (χ2n) is 3.76. The van der Waals surface area contributed by atoms with E-state index >= 15 is 0 Å². The highest BCUT2D eigenvalue weighted by Gasteiger charge is 2.04. The molecule has 1 rings (SSSR count). The molecule has 0 heterocycles. The number of methoxy groups -OCH3 is 1. The molecule has 0 amide bonds. The number of rotatable bonds is 8. The number of nitrogens with one attached hydrogen (secondary N) is 1. The van der Waals surface area contributed by atoms with Crippen LogP contribution in [0, 0.1) is 5.41 Å². The van der Waals surface area contributed by atoms with Gasteiger partial charge in [-0.1, -0.05) is 0 Å². The quantitative estimate of drug-likeness (QED) is 0.547. The smallest absolute Gasteiger partial charge is 0.128 e. The molecule has 0 radical (unpaired) electrons. The largest absolute Gasteiger partial charge is 0.507 e. The fourth-order valence-electron chi connectivity index (χ4n) is 1.38. The van der Waals surface area contributed by atoms with Crippen LogP contribution >= 0.6 is 0 Å². The number of benzene rings is 1. The normalized spacial score (nSPS) is 10.3. The highest BCUT2D eigenvalue weighted by molar-refractivity contribution is 5.98. The van der Waals surface area contributed by atoms with Crippen LogP contribution < -0.4 is 4.74 Å². The second-order valence-corrected chi connectivity index (χ2v) is 3.76. The van der Waals surface area contributed by atoms with Crippen LogP contribution in [0.15, 0.2) is 18.2 Å². The third-order valence-electron chi connectivity index (χ3n) is 2.30. The van der Waals surface area contributed by atoms with Crippen molar-refractivity contribution in [3.8, 4) is 11.5 Å². The van der Waals surface area contributed by atoms with Gasteiger partial charge in [0.2, 0.25) is 0 Å². The molecule has 5 nitrogen and oxygen atoms in total. The van der Waals surface area contributed by atoms with Gasteiger partial charge in [-0.3, -0.25) is 0 Å². The van der Waals surface area contributed by atoms with E-state index in [0.717, 1.165) is 0 Å². The first-order chi connectivity index (χ1) is 8.65. The Morgan fingerprint density at radius 3 is 2.56 bits per heavy atom. The van der Waals surface area contributed by atoms with Gasteiger partial charge in [0.25, 0.3) is 0 Å². The lowest BCUT2D eigenvalue weighted by atomic mass is 10.1. The molecule has 0 aliphatic carbocycles. The van der Waals surface area contributed by atoms with Gasteiger partial charge in [-0.25, -0.2) is 0 Å². The fourth-order valence-corrected chi connectivity index (χ4v) is 1.38. The maximum absolute atomic E-state index is 9.67.